The quantitative estimate of drug-likeness (QED) is 0.430. The second-order valence-electron chi connectivity index (χ2n) is 8.68. The molecule has 2 amide bonds. The van der Waals surface area contributed by atoms with Gasteiger partial charge in [-0.2, -0.15) is 0 Å². The van der Waals surface area contributed by atoms with Crippen molar-refractivity contribution in [1.29, 1.82) is 0 Å². The van der Waals surface area contributed by atoms with Crippen LogP contribution in [-0.2, 0) is 4.79 Å². The molecule has 0 radical (unpaired) electrons. The number of hydrogen-bond acceptors (Lipinski definition) is 5. The zero-order valence-corrected chi connectivity index (χ0v) is 20.2. The molecular formula is C25H42N4O3. The van der Waals surface area contributed by atoms with Gasteiger partial charge in [0.15, 0.2) is 0 Å². The molecule has 1 saturated heterocycles. The van der Waals surface area contributed by atoms with Gasteiger partial charge in [0.25, 0.3) is 5.91 Å². The van der Waals surface area contributed by atoms with Crippen molar-refractivity contribution in [3.63, 3.8) is 0 Å². The van der Waals surface area contributed by atoms with Crippen molar-refractivity contribution in [2.24, 2.45) is 0 Å². The van der Waals surface area contributed by atoms with Gasteiger partial charge in [0.05, 0.1) is 6.61 Å². The number of rotatable bonds is 14. The maximum atomic E-state index is 12.7. The minimum atomic E-state index is -0.519. The smallest absolute Gasteiger partial charge is 0.251 e. The van der Waals surface area contributed by atoms with E-state index < -0.39 is 6.04 Å². The van der Waals surface area contributed by atoms with E-state index in [0.29, 0.717) is 25.1 Å². The summed E-state index contributed by atoms with van der Waals surface area (Å²) in [6.45, 7) is 10.5. The summed E-state index contributed by atoms with van der Waals surface area (Å²) in [5, 5.41) is 5.90. The van der Waals surface area contributed by atoms with Crippen molar-refractivity contribution in [3.8, 4) is 5.75 Å². The van der Waals surface area contributed by atoms with Crippen LogP contribution in [0.3, 0.4) is 0 Å². The maximum Gasteiger partial charge on any atom is 0.251 e. The molecule has 1 aliphatic rings. The number of carbonyl (C=O) groups excluding carboxylic acids is 2. The predicted molar refractivity (Wildman–Crippen MR) is 129 cm³/mol. The molecule has 0 unspecified atom stereocenters. The van der Waals surface area contributed by atoms with E-state index in [0.717, 1.165) is 51.3 Å². The summed E-state index contributed by atoms with van der Waals surface area (Å²) in [5.41, 5.74) is 0.537. The molecule has 0 saturated carbocycles. The van der Waals surface area contributed by atoms with Gasteiger partial charge in [-0.3, -0.25) is 14.5 Å². The lowest BCUT2D eigenvalue weighted by Gasteiger charge is -2.32. The van der Waals surface area contributed by atoms with E-state index in [-0.39, 0.29) is 11.8 Å². The normalized spacial score (nSPS) is 15.8. The van der Waals surface area contributed by atoms with Crippen molar-refractivity contribution >= 4 is 11.8 Å². The SMILES string of the molecule is CCCCCCOc1ccc(C(=O)N[C@@H](CCC)C(=O)NCCN2CCN(C)CC2)cc1. The van der Waals surface area contributed by atoms with Gasteiger partial charge >= 0.3 is 0 Å². The zero-order valence-electron chi connectivity index (χ0n) is 20.2. The Bertz CT molecular complexity index is 672. The molecule has 1 aliphatic heterocycles. The summed E-state index contributed by atoms with van der Waals surface area (Å²) in [4.78, 5) is 30.0. The highest BCUT2D eigenvalue weighted by molar-refractivity contribution is 5.97. The first kappa shape index (κ1) is 26.1. The van der Waals surface area contributed by atoms with Crippen LogP contribution in [0.1, 0.15) is 62.7 Å². The molecule has 1 atom stereocenters. The summed E-state index contributed by atoms with van der Waals surface area (Å²) in [7, 11) is 2.13. The number of nitrogens with zero attached hydrogens (tertiary/aromatic N) is 2. The predicted octanol–water partition coefficient (Wildman–Crippen LogP) is 2.91. The van der Waals surface area contributed by atoms with Crippen molar-refractivity contribution in [2.75, 3.05) is 52.9 Å². The molecule has 1 aromatic rings. The van der Waals surface area contributed by atoms with Gasteiger partial charge in [-0.05, 0) is 44.2 Å². The Morgan fingerprint density at radius 1 is 1.00 bits per heavy atom. The molecule has 0 aromatic heterocycles. The summed E-state index contributed by atoms with van der Waals surface area (Å²) >= 11 is 0. The van der Waals surface area contributed by atoms with Crippen LogP contribution in [0.5, 0.6) is 5.75 Å². The third-order valence-electron chi connectivity index (χ3n) is 5.91. The molecule has 1 heterocycles. The van der Waals surface area contributed by atoms with Gasteiger partial charge in [-0.15, -0.1) is 0 Å². The van der Waals surface area contributed by atoms with E-state index in [2.05, 4.69) is 34.4 Å². The minimum Gasteiger partial charge on any atom is -0.494 e. The number of ether oxygens (including phenoxy) is 1. The highest BCUT2D eigenvalue weighted by atomic mass is 16.5. The van der Waals surface area contributed by atoms with Crippen molar-refractivity contribution < 1.29 is 14.3 Å². The van der Waals surface area contributed by atoms with E-state index >= 15 is 0 Å². The average molecular weight is 447 g/mol. The van der Waals surface area contributed by atoms with Crippen LogP contribution in [0.25, 0.3) is 0 Å². The monoisotopic (exact) mass is 446 g/mol. The number of likely N-dealkylation sites (N-methyl/N-ethyl adjacent to an activating group) is 1. The summed E-state index contributed by atoms with van der Waals surface area (Å²) in [6.07, 6.45) is 6.08. The van der Waals surface area contributed by atoms with Gasteiger partial charge in [0, 0.05) is 44.8 Å². The number of benzene rings is 1. The molecule has 180 valence electrons. The number of carbonyl (C=O) groups is 2. The van der Waals surface area contributed by atoms with Crippen LogP contribution in [0.4, 0.5) is 0 Å². The zero-order chi connectivity index (χ0) is 23.2. The Labute approximate surface area is 193 Å². The topological polar surface area (TPSA) is 73.9 Å². The van der Waals surface area contributed by atoms with Crippen LogP contribution < -0.4 is 15.4 Å². The molecule has 0 bridgehead atoms. The van der Waals surface area contributed by atoms with Crippen molar-refractivity contribution in [2.45, 2.75) is 58.4 Å². The van der Waals surface area contributed by atoms with Gasteiger partial charge < -0.3 is 20.3 Å². The van der Waals surface area contributed by atoms with E-state index in [9.17, 15) is 9.59 Å². The van der Waals surface area contributed by atoms with Crippen LogP contribution in [0, 0.1) is 0 Å². The van der Waals surface area contributed by atoms with Crippen molar-refractivity contribution in [1.82, 2.24) is 20.4 Å². The molecule has 7 nitrogen and oxygen atoms in total. The number of amides is 2. The van der Waals surface area contributed by atoms with Crippen LogP contribution in [0.15, 0.2) is 24.3 Å². The van der Waals surface area contributed by atoms with E-state index in [4.69, 9.17) is 4.74 Å². The van der Waals surface area contributed by atoms with Gasteiger partial charge in [-0.1, -0.05) is 39.5 Å². The first-order chi connectivity index (χ1) is 15.5. The van der Waals surface area contributed by atoms with Gasteiger partial charge in [-0.25, -0.2) is 0 Å². The number of piperazine rings is 1. The highest BCUT2D eigenvalue weighted by Gasteiger charge is 2.21. The Hall–Kier alpha value is -2.12. The van der Waals surface area contributed by atoms with Crippen LogP contribution in [0.2, 0.25) is 0 Å². The molecule has 1 aromatic carbocycles. The number of nitrogens with one attached hydrogen (secondary N) is 2. The van der Waals surface area contributed by atoms with E-state index in [1.807, 2.05) is 19.1 Å². The van der Waals surface area contributed by atoms with Crippen molar-refractivity contribution in [3.05, 3.63) is 29.8 Å². The Morgan fingerprint density at radius 2 is 1.72 bits per heavy atom. The highest BCUT2D eigenvalue weighted by Crippen LogP contribution is 2.13. The number of unbranched alkanes of at least 4 members (excludes halogenated alkanes) is 3. The Morgan fingerprint density at radius 3 is 2.38 bits per heavy atom. The molecule has 2 rings (SSSR count). The average Bonchev–Trinajstić information content (AvgIpc) is 2.80. The fraction of sp³-hybridized carbons (Fsp3) is 0.680. The first-order valence-electron chi connectivity index (χ1n) is 12.3. The fourth-order valence-electron chi connectivity index (χ4n) is 3.75. The molecule has 2 N–H and O–H groups in total. The second kappa shape index (κ2) is 14.9. The summed E-state index contributed by atoms with van der Waals surface area (Å²) in [6, 6.07) is 6.63. The third-order valence-corrected chi connectivity index (χ3v) is 5.91. The Balaban J connectivity index is 1.76. The van der Waals surface area contributed by atoms with Crippen LogP contribution in [-0.4, -0.2) is 80.6 Å². The lowest BCUT2D eigenvalue weighted by molar-refractivity contribution is -0.123. The molecule has 32 heavy (non-hydrogen) atoms. The Kier molecular flexibility index (Phi) is 12.1. The summed E-state index contributed by atoms with van der Waals surface area (Å²) < 4.78 is 5.74. The third kappa shape index (κ3) is 9.57. The minimum absolute atomic E-state index is 0.110. The van der Waals surface area contributed by atoms with Crippen LogP contribution >= 0.6 is 0 Å². The summed E-state index contributed by atoms with van der Waals surface area (Å²) in [5.74, 6) is 0.429. The lowest BCUT2D eigenvalue weighted by Crippen LogP contribution is -2.50. The fourth-order valence-corrected chi connectivity index (χ4v) is 3.75. The second-order valence-corrected chi connectivity index (χ2v) is 8.68. The van der Waals surface area contributed by atoms with Gasteiger partial charge in [0.1, 0.15) is 11.8 Å². The van der Waals surface area contributed by atoms with Gasteiger partial charge in [0.2, 0.25) is 5.91 Å². The number of hydrogen-bond donors (Lipinski definition) is 2. The van der Waals surface area contributed by atoms with E-state index in [1.54, 1.807) is 12.1 Å². The molecular weight excluding hydrogens is 404 g/mol. The van der Waals surface area contributed by atoms with E-state index in [1.165, 1.54) is 19.3 Å². The lowest BCUT2D eigenvalue weighted by atomic mass is 10.1. The maximum absolute atomic E-state index is 12.7. The largest absolute Gasteiger partial charge is 0.494 e. The molecule has 1 fully saturated rings. The molecule has 0 aliphatic carbocycles. The standard InChI is InChI=1S/C25H42N4O3/c1-4-6-7-8-20-32-22-12-10-21(11-13-22)24(30)27-23(9-5-2)25(31)26-14-15-29-18-16-28(3)17-19-29/h10-13,23H,4-9,14-20H2,1-3H3,(H,26,31)(H,27,30)/t23-/m0/s1. The molecule has 7 heteroatoms. The first-order valence-corrected chi connectivity index (χ1v) is 12.3. The molecule has 0 spiro atoms.